The van der Waals surface area contributed by atoms with E-state index in [9.17, 15) is 12.8 Å². The van der Waals surface area contributed by atoms with Crippen LogP contribution in [0.1, 0.15) is 32.8 Å². The first-order valence-corrected chi connectivity index (χ1v) is 7.87. The first-order chi connectivity index (χ1) is 9.63. The highest BCUT2D eigenvalue weighted by molar-refractivity contribution is 7.89. The molecule has 0 bridgehead atoms. The lowest BCUT2D eigenvalue weighted by Crippen LogP contribution is -2.39. The smallest absolute Gasteiger partial charge is 0.242 e. The van der Waals surface area contributed by atoms with Crippen molar-refractivity contribution < 1.29 is 17.5 Å². The van der Waals surface area contributed by atoms with Crippen LogP contribution in [0.25, 0.3) is 0 Å². The number of rotatable bonds is 6. The number of hydrogen-bond donors (Lipinski definition) is 1. The molecule has 1 N–H and O–H groups in total. The second-order valence-electron chi connectivity index (χ2n) is 5.42. The molecule has 0 aliphatic rings. The molecule has 0 saturated heterocycles. The number of nitriles is 1. The molecule has 1 unspecified atom stereocenters. The van der Waals surface area contributed by atoms with Gasteiger partial charge in [-0.1, -0.05) is 6.07 Å². The summed E-state index contributed by atoms with van der Waals surface area (Å²) in [7, 11) is -2.43. The molecule has 0 saturated carbocycles. The molecule has 0 radical (unpaired) electrons. The van der Waals surface area contributed by atoms with Gasteiger partial charge in [0.05, 0.1) is 5.60 Å². The molecule has 0 aliphatic carbocycles. The van der Waals surface area contributed by atoms with Crippen molar-refractivity contribution >= 4 is 10.0 Å². The molecule has 0 aromatic heterocycles. The molecule has 0 heterocycles. The Morgan fingerprint density at radius 3 is 2.62 bits per heavy atom. The predicted molar refractivity (Wildman–Crippen MR) is 76.6 cm³/mol. The summed E-state index contributed by atoms with van der Waals surface area (Å²) < 4.78 is 45.8. The maximum Gasteiger partial charge on any atom is 0.242 e. The van der Waals surface area contributed by atoms with Gasteiger partial charge in [-0.2, -0.15) is 5.26 Å². The van der Waals surface area contributed by atoms with Gasteiger partial charge in [0.2, 0.25) is 10.0 Å². The zero-order valence-electron chi connectivity index (χ0n) is 12.5. The van der Waals surface area contributed by atoms with Crippen LogP contribution >= 0.6 is 0 Å². The van der Waals surface area contributed by atoms with Gasteiger partial charge in [0, 0.05) is 13.2 Å². The fraction of sp³-hybridized carbons (Fsp3) is 0.500. The van der Waals surface area contributed by atoms with Crippen LogP contribution in [0.5, 0.6) is 0 Å². The number of benzene rings is 1. The Morgan fingerprint density at radius 1 is 1.48 bits per heavy atom. The van der Waals surface area contributed by atoms with E-state index in [0.29, 0.717) is 6.42 Å². The molecule has 1 aromatic rings. The Bertz CT molecular complexity index is 651. The van der Waals surface area contributed by atoms with Crippen molar-refractivity contribution in [1.82, 2.24) is 4.72 Å². The first-order valence-electron chi connectivity index (χ1n) is 6.39. The summed E-state index contributed by atoms with van der Waals surface area (Å²) in [5, 5.41) is 8.92. The van der Waals surface area contributed by atoms with Crippen LogP contribution in [0.3, 0.4) is 0 Å². The first kappa shape index (κ1) is 17.6. The van der Waals surface area contributed by atoms with E-state index in [1.54, 1.807) is 20.1 Å². The average Bonchev–Trinajstić information content (AvgIpc) is 2.37. The summed E-state index contributed by atoms with van der Waals surface area (Å²) in [6, 6.07) is 4.67. The van der Waals surface area contributed by atoms with Crippen molar-refractivity contribution in [2.75, 3.05) is 7.11 Å². The van der Waals surface area contributed by atoms with E-state index in [1.807, 2.05) is 13.8 Å². The Morgan fingerprint density at radius 2 is 2.10 bits per heavy atom. The van der Waals surface area contributed by atoms with Gasteiger partial charge in [-0.25, -0.2) is 17.5 Å². The van der Waals surface area contributed by atoms with E-state index in [0.717, 1.165) is 6.07 Å². The molecular weight excluding hydrogens is 295 g/mol. The maximum absolute atomic E-state index is 13.5. The van der Waals surface area contributed by atoms with Gasteiger partial charge in [0.25, 0.3) is 0 Å². The fourth-order valence-electron chi connectivity index (χ4n) is 2.03. The van der Waals surface area contributed by atoms with Crippen molar-refractivity contribution in [1.29, 1.82) is 5.26 Å². The minimum atomic E-state index is -3.97. The monoisotopic (exact) mass is 314 g/mol. The number of nitrogens with zero attached hydrogens (tertiary/aromatic N) is 1. The largest absolute Gasteiger partial charge is 0.379 e. The Balaban J connectivity index is 3.04. The van der Waals surface area contributed by atoms with Gasteiger partial charge >= 0.3 is 0 Å². The van der Waals surface area contributed by atoms with E-state index in [4.69, 9.17) is 10.00 Å². The lowest BCUT2D eigenvalue weighted by Gasteiger charge is -2.27. The van der Waals surface area contributed by atoms with Crippen LogP contribution in [0, 0.1) is 17.1 Å². The zero-order valence-corrected chi connectivity index (χ0v) is 13.3. The standard InChI is InChI=1S/C14H19FN2O3S/c1-10(8-14(2,3)20-4)17-21(18,19)13-7-5-6-12(15)11(13)9-16/h5-7,10,17H,8H2,1-4H3. The molecule has 0 fully saturated rings. The van der Waals surface area contributed by atoms with Gasteiger partial charge in [0.1, 0.15) is 22.3 Å². The molecule has 0 aliphatic heterocycles. The van der Waals surface area contributed by atoms with E-state index >= 15 is 0 Å². The predicted octanol–water partition coefficient (Wildman–Crippen LogP) is 2.18. The Labute approximate surface area is 124 Å². The van der Waals surface area contributed by atoms with Crippen LogP contribution in [0.4, 0.5) is 4.39 Å². The van der Waals surface area contributed by atoms with E-state index in [-0.39, 0.29) is 4.90 Å². The zero-order chi connectivity index (χ0) is 16.3. The fourth-order valence-corrected chi connectivity index (χ4v) is 3.44. The summed E-state index contributed by atoms with van der Waals surface area (Å²) >= 11 is 0. The highest BCUT2D eigenvalue weighted by Crippen LogP contribution is 2.20. The SMILES string of the molecule is COC(C)(C)CC(C)NS(=O)(=O)c1cccc(F)c1C#N. The van der Waals surface area contributed by atoms with Crippen LogP contribution in [-0.4, -0.2) is 27.2 Å². The van der Waals surface area contributed by atoms with E-state index in [1.165, 1.54) is 12.1 Å². The third kappa shape index (κ3) is 4.49. The Kier molecular flexibility index (Phi) is 5.45. The number of sulfonamides is 1. The summed E-state index contributed by atoms with van der Waals surface area (Å²) in [4.78, 5) is -0.355. The maximum atomic E-state index is 13.5. The number of ether oxygens (including phenoxy) is 1. The van der Waals surface area contributed by atoms with Crippen molar-refractivity contribution in [3.05, 3.63) is 29.6 Å². The van der Waals surface area contributed by atoms with Gasteiger partial charge in [0.15, 0.2) is 0 Å². The number of halogens is 1. The molecule has 21 heavy (non-hydrogen) atoms. The summed E-state index contributed by atoms with van der Waals surface area (Å²) in [5.41, 5.74) is -0.981. The normalized spacial score (nSPS) is 13.7. The second-order valence-corrected chi connectivity index (χ2v) is 7.10. The van der Waals surface area contributed by atoms with Crippen molar-refractivity contribution in [2.24, 2.45) is 0 Å². The number of hydrogen-bond acceptors (Lipinski definition) is 4. The third-order valence-electron chi connectivity index (χ3n) is 3.08. The lowest BCUT2D eigenvalue weighted by molar-refractivity contribution is 0.0103. The van der Waals surface area contributed by atoms with E-state index < -0.39 is 33.0 Å². The van der Waals surface area contributed by atoms with Crippen LogP contribution in [0.2, 0.25) is 0 Å². The molecule has 1 rings (SSSR count). The van der Waals surface area contributed by atoms with Gasteiger partial charge in [-0.05, 0) is 39.3 Å². The van der Waals surface area contributed by atoms with Gasteiger partial charge in [-0.15, -0.1) is 0 Å². The quantitative estimate of drug-likeness (QED) is 0.873. The Hall–Kier alpha value is -1.49. The minimum Gasteiger partial charge on any atom is -0.379 e. The third-order valence-corrected chi connectivity index (χ3v) is 4.72. The van der Waals surface area contributed by atoms with Crippen molar-refractivity contribution in [3.8, 4) is 6.07 Å². The summed E-state index contributed by atoms with van der Waals surface area (Å²) in [6.07, 6.45) is 0.430. The van der Waals surface area contributed by atoms with Crippen LogP contribution in [0.15, 0.2) is 23.1 Å². The van der Waals surface area contributed by atoms with E-state index in [2.05, 4.69) is 4.72 Å². The lowest BCUT2D eigenvalue weighted by atomic mass is 10.0. The molecule has 5 nitrogen and oxygen atoms in total. The highest BCUT2D eigenvalue weighted by atomic mass is 32.2. The summed E-state index contributed by atoms with van der Waals surface area (Å²) in [6.45, 7) is 5.35. The van der Waals surface area contributed by atoms with Gasteiger partial charge < -0.3 is 4.74 Å². The summed E-state index contributed by atoms with van der Waals surface area (Å²) in [5.74, 6) is -0.856. The second kappa shape index (κ2) is 6.52. The molecule has 1 atom stereocenters. The van der Waals surface area contributed by atoms with Crippen molar-refractivity contribution in [3.63, 3.8) is 0 Å². The topological polar surface area (TPSA) is 79.2 Å². The number of nitrogens with one attached hydrogen (secondary N) is 1. The van der Waals surface area contributed by atoms with Gasteiger partial charge in [-0.3, -0.25) is 0 Å². The van der Waals surface area contributed by atoms with Crippen LogP contribution in [-0.2, 0) is 14.8 Å². The molecular formula is C14H19FN2O3S. The minimum absolute atomic E-state index is 0.355. The molecule has 0 spiro atoms. The average molecular weight is 314 g/mol. The number of methoxy groups -OCH3 is 1. The molecule has 7 heteroatoms. The molecule has 116 valence electrons. The highest BCUT2D eigenvalue weighted by Gasteiger charge is 2.26. The van der Waals surface area contributed by atoms with Crippen LogP contribution < -0.4 is 4.72 Å². The van der Waals surface area contributed by atoms with Crippen molar-refractivity contribution in [2.45, 2.75) is 43.7 Å². The molecule has 1 aromatic carbocycles. The molecule has 0 amide bonds.